The molecule has 0 spiro atoms. The van der Waals surface area contributed by atoms with E-state index < -0.39 is 0 Å². The molecule has 0 heterocycles. The van der Waals surface area contributed by atoms with Crippen molar-refractivity contribution in [2.24, 2.45) is 0 Å². The fraction of sp³-hybridized carbons (Fsp3) is 0.409. The molecule has 29 heavy (non-hydrogen) atoms. The first kappa shape index (κ1) is 23.2. The van der Waals surface area contributed by atoms with Crippen LogP contribution in [-0.4, -0.2) is 42.2 Å². The minimum atomic E-state index is -0.00915. The molecule has 0 aliphatic heterocycles. The van der Waals surface area contributed by atoms with Crippen molar-refractivity contribution in [2.45, 2.75) is 33.1 Å². The maximum Gasteiger partial charge on any atom is 0.253 e. The van der Waals surface area contributed by atoms with Crippen molar-refractivity contribution in [2.75, 3.05) is 26.3 Å². The molecule has 158 valence electrons. The maximum absolute atomic E-state index is 12.6. The predicted octanol–water partition coefficient (Wildman–Crippen LogP) is 5.81. The Kier molecular flexibility index (Phi) is 9.42. The van der Waals surface area contributed by atoms with Gasteiger partial charge < -0.3 is 19.5 Å². The Balaban J connectivity index is 1.80. The predicted molar refractivity (Wildman–Crippen MR) is 117 cm³/mol. The average molecular weight is 440 g/mol. The summed E-state index contributed by atoms with van der Waals surface area (Å²) < 4.78 is 11.3. The van der Waals surface area contributed by atoms with E-state index in [0.29, 0.717) is 36.7 Å². The number of phenols is 1. The van der Waals surface area contributed by atoms with Gasteiger partial charge in [-0.2, -0.15) is 0 Å². The third kappa shape index (κ3) is 7.02. The minimum Gasteiger partial charge on any atom is -0.508 e. The van der Waals surface area contributed by atoms with Crippen LogP contribution in [0.25, 0.3) is 0 Å². The normalized spacial score (nSPS) is 10.6. The number of nitrogens with zero attached hydrogens (tertiary/aromatic N) is 1. The van der Waals surface area contributed by atoms with Gasteiger partial charge in [-0.15, -0.1) is 0 Å². The minimum absolute atomic E-state index is 0.00915. The zero-order valence-electron chi connectivity index (χ0n) is 16.8. The molecule has 5 nitrogen and oxygen atoms in total. The molecule has 0 atom stereocenters. The highest BCUT2D eigenvalue weighted by Crippen LogP contribution is 2.36. The number of halogens is 2. The molecule has 0 unspecified atom stereocenters. The Morgan fingerprint density at radius 1 is 0.966 bits per heavy atom. The van der Waals surface area contributed by atoms with Crippen LogP contribution in [0.4, 0.5) is 0 Å². The fourth-order valence-electron chi connectivity index (χ4n) is 2.84. The van der Waals surface area contributed by atoms with Crippen LogP contribution in [0.15, 0.2) is 36.4 Å². The lowest BCUT2D eigenvalue weighted by atomic mass is 10.2. The monoisotopic (exact) mass is 439 g/mol. The Morgan fingerprint density at radius 3 is 2.07 bits per heavy atom. The van der Waals surface area contributed by atoms with Crippen molar-refractivity contribution in [1.82, 2.24) is 4.90 Å². The van der Waals surface area contributed by atoms with Gasteiger partial charge in [0.2, 0.25) is 0 Å². The van der Waals surface area contributed by atoms with Gasteiger partial charge in [0.05, 0.1) is 23.3 Å². The summed E-state index contributed by atoms with van der Waals surface area (Å²) in [5.41, 5.74) is 0.666. The molecule has 0 bridgehead atoms. The largest absolute Gasteiger partial charge is 0.508 e. The molecular weight excluding hydrogens is 413 g/mol. The van der Waals surface area contributed by atoms with Crippen molar-refractivity contribution in [3.05, 3.63) is 52.0 Å². The third-order valence-electron chi connectivity index (χ3n) is 4.16. The molecule has 0 radical (unpaired) electrons. The van der Waals surface area contributed by atoms with Crippen molar-refractivity contribution >= 4 is 29.1 Å². The van der Waals surface area contributed by atoms with Gasteiger partial charge in [0.15, 0.2) is 5.75 Å². The van der Waals surface area contributed by atoms with E-state index in [2.05, 4.69) is 13.8 Å². The Morgan fingerprint density at radius 2 is 1.52 bits per heavy atom. The van der Waals surface area contributed by atoms with E-state index in [-0.39, 0.29) is 21.7 Å². The van der Waals surface area contributed by atoms with Crippen LogP contribution in [0, 0.1) is 0 Å². The number of aromatic hydroxyl groups is 1. The zero-order valence-corrected chi connectivity index (χ0v) is 18.3. The lowest BCUT2D eigenvalue weighted by Gasteiger charge is -2.21. The number of amides is 1. The summed E-state index contributed by atoms with van der Waals surface area (Å²) in [5, 5.41) is 9.94. The summed E-state index contributed by atoms with van der Waals surface area (Å²) in [6.07, 6.45) is 2.50. The Labute approximate surface area is 182 Å². The Bertz CT molecular complexity index is 767. The van der Waals surface area contributed by atoms with Crippen LogP contribution in [0.2, 0.25) is 10.0 Å². The number of hydrogen-bond acceptors (Lipinski definition) is 4. The third-order valence-corrected chi connectivity index (χ3v) is 4.72. The van der Waals surface area contributed by atoms with E-state index in [9.17, 15) is 9.90 Å². The number of carbonyl (C=O) groups is 1. The number of ether oxygens (including phenoxy) is 2. The average Bonchev–Trinajstić information content (AvgIpc) is 2.69. The molecular formula is C22H27Cl2NO4. The SMILES string of the molecule is CCCN(CCC)C(=O)c1ccc(OCCCOc2c(Cl)cc(O)cc2Cl)cc1. The second kappa shape index (κ2) is 11.8. The summed E-state index contributed by atoms with van der Waals surface area (Å²) in [4.78, 5) is 14.5. The summed E-state index contributed by atoms with van der Waals surface area (Å²) in [7, 11) is 0. The molecule has 0 fully saturated rings. The first-order valence-electron chi connectivity index (χ1n) is 9.79. The van der Waals surface area contributed by atoms with Crippen LogP contribution in [-0.2, 0) is 0 Å². The van der Waals surface area contributed by atoms with Crippen LogP contribution in [0.1, 0.15) is 43.5 Å². The van der Waals surface area contributed by atoms with E-state index in [1.54, 1.807) is 24.3 Å². The molecule has 2 rings (SSSR count). The number of carbonyl (C=O) groups excluding carboxylic acids is 1. The van der Waals surface area contributed by atoms with Crippen molar-refractivity contribution in [1.29, 1.82) is 0 Å². The first-order valence-corrected chi connectivity index (χ1v) is 10.5. The van der Waals surface area contributed by atoms with Gasteiger partial charge in [0.25, 0.3) is 5.91 Å². The summed E-state index contributed by atoms with van der Waals surface area (Å²) >= 11 is 12.0. The lowest BCUT2D eigenvalue weighted by molar-refractivity contribution is 0.0755. The van der Waals surface area contributed by atoms with Gasteiger partial charge in [-0.05, 0) is 37.1 Å². The zero-order chi connectivity index (χ0) is 21.2. The van der Waals surface area contributed by atoms with Crippen molar-refractivity contribution in [3.8, 4) is 17.2 Å². The van der Waals surface area contributed by atoms with Gasteiger partial charge in [0.1, 0.15) is 11.5 Å². The second-order valence-electron chi connectivity index (χ2n) is 6.61. The molecule has 7 heteroatoms. The van der Waals surface area contributed by atoms with Gasteiger partial charge in [-0.25, -0.2) is 0 Å². The molecule has 1 amide bonds. The van der Waals surface area contributed by atoms with E-state index in [1.165, 1.54) is 12.1 Å². The van der Waals surface area contributed by atoms with Gasteiger partial charge in [-0.1, -0.05) is 37.0 Å². The topological polar surface area (TPSA) is 59.0 Å². The van der Waals surface area contributed by atoms with Crippen LogP contribution >= 0.6 is 23.2 Å². The molecule has 1 N–H and O–H groups in total. The van der Waals surface area contributed by atoms with Crippen molar-refractivity contribution in [3.63, 3.8) is 0 Å². The number of hydrogen-bond donors (Lipinski definition) is 1. The molecule has 2 aromatic rings. The maximum atomic E-state index is 12.6. The van der Waals surface area contributed by atoms with Crippen molar-refractivity contribution < 1.29 is 19.4 Å². The Hall–Kier alpha value is -2.11. The van der Waals surface area contributed by atoms with Gasteiger partial charge >= 0.3 is 0 Å². The summed E-state index contributed by atoms with van der Waals surface area (Å²) in [6.45, 7) is 6.47. The molecule has 0 saturated carbocycles. The smallest absolute Gasteiger partial charge is 0.253 e. The van der Waals surface area contributed by atoms with Gasteiger partial charge in [-0.3, -0.25) is 4.79 Å². The number of rotatable bonds is 11. The fourth-order valence-corrected chi connectivity index (χ4v) is 3.42. The highest BCUT2D eigenvalue weighted by atomic mass is 35.5. The standard InChI is InChI=1S/C22H27Cl2NO4/c1-3-10-25(11-4-2)22(27)16-6-8-18(9-7-16)28-12-5-13-29-21-19(23)14-17(26)15-20(21)24/h6-9,14-15,26H,3-5,10-13H2,1-2H3. The van der Waals surface area contributed by atoms with E-state index in [0.717, 1.165) is 25.9 Å². The molecule has 0 aromatic heterocycles. The van der Waals surface area contributed by atoms with Crippen LogP contribution in [0.3, 0.4) is 0 Å². The first-order chi connectivity index (χ1) is 14.0. The molecule has 2 aromatic carbocycles. The van der Waals surface area contributed by atoms with E-state index in [4.69, 9.17) is 32.7 Å². The van der Waals surface area contributed by atoms with Gasteiger partial charge in [0, 0.05) is 37.2 Å². The van der Waals surface area contributed by atoms with Crippen LogP contribution in [0.5, 0.6) is 17.2 Å². The summed E-state index contributed by atoms with van der Waals surface area (Å²) in [5.74, 6) is 1.08. The number of phenolic OH excluding ortho intramolecular Hbond substituents is 1. The molecule has 0 saturated heterocycles. The molecule has 0 aliphatic rings. The number of benzene rings is 2. The highest BCUT2D eigenvalue weighted by Gasteiger charge is 2.14. The van der Waals surface area contributed by atoms with E-state index >= 15 is 0 Å². The molecule has 0 aliphatic carbocycles. The summed E-state index contributed by atoms with van der Waals surface area (Å²) in [6, 6.07) is 9.95. The van der Waals surface area contributed by atoms with E-state index in [1.807, 2.05) is 4.90 Å². The second-order valence-corrected chi connectivity index (χ2v) is 7.42. The lowest BCUT2D eigenvalue weighted by Crippen LogP contribution is -2.32. The highest BCUT2D eigenvalue weighted by molar-refractivity contribution is 6.37. The van der Waals surface area contributed by atoms with Crippen LogP contribution < -0.4 is 9.47 Å². The quantitative estimate of drug-likeness (QED) is 0.448.